The summed E-state index contributed by atoms with van der Waals surface area (Å²) in [6.45, 7) is 9.51. The molecule has 7 aromatic carbocycles. The molecule has 0 heterocycles. The normalized spacial score (nSPS) is 15.5. The molecule has 0 bridgehead atoms. The van der Waals surface area contributed by atoms with E-state index < -0.39 is 0 Å². The quantitative estimate of drug-likeness (QED) is 0.161. The van der Waals surface area contributed by atoms with Gasteiger partial charge in [0.15, 0.2) is 0 Å². The summed E-state index contributed by atoms with van der Waals surface area (Å²) in [6.07, 6.45) is 0. The van der Waals surface area contributed by atoms with Crippen molar-refractivity contribution in [2.24, 2.45) is 0 Å². The van der Waals surface area contributed by atoms with Gasteiger partial charge in [0.2, 0.25) is 0 Å². The minimum atomic E-state index is -0.0971. The van der Waals surface area contributed by atoms with Gasteiger partial charge in [0.25, 0.3) is 0 Å². The van der Waals surface area contributed by atoms with Crippen molar-refractivity contribution in [1.82, 2.24) is 0 Å². The highest BCUT2D eigenvalue weighted by Crippen LogP contribution is 2.53. The molecule has 0 nitrogen and oxygen atoms in total. The summed E-state index contributed by atoms with van der Waals surface area (Å²) in [5.41, 5.74) is 13.5. The van der Waals surface area contributed by atoms with Gasteiger partial charge in [0, 0.05) is 15.3 Å². The van der Waals surface area contributed by atoms with Crippen molar-refractivity contribution in [3.8, 4) is 33.4 Å². The lowest BCUT2D eigenvalue weighted by Crippen LogP contribution is -2.15. The molecule has 0 atom stereocenters. The number of halogens is 1. The molecule has 0 spiro atoms. The zero-order valence-electron chi connectivity index (χ0n) is 24.8. The molecule has 2 aliphatic rings. The van der Waals surface area contributed by atoms with Crippen molar-refractivity contribution in [2.75, 3.05) is 0 Å². The molecule has 0 fully saturated rings. The SMILES string of the molecule is CC1(C)c2cc(Br)ccc2-c2ccc(-c3ccc4c(c3)C(C)(C)c3cc5c6ccccc6c6ccccc6c5cc3-4)cc21. The summed E-state index contributed by atoms with van der Waals surface area (Å²) >= 11 is 3.70. The van der Waals surface area contributed by atoms with Crippen LogP contribution >= 0.6 is 15.9 Å². The summed E-state index contributed by atoms with van der Waals surface area (Å²) in [6, 6.07) is 43.7. The van der Waals surface area contributed by atoms with Gasteiger partial charge in [-0.2, -0.15) is 0 Å². The number of hydrogen-bond acceptors (Lipinski definition) is 0. The van der Waals surface area contributed by atoms with Gasteiger partial charge in [-0.05, 0) is 124 Å². The molecular formula is C42H31Br. The van der Waals surface area contributed by atoms with Gasteiger partial charge in [-0.1, -0.05) is 122 Å². The fourth-order valence-corrected chi connectivity index (χ4v) is 8.56. The van der Waals surface area contributed by atoms with Crippen molar-refractivity contribution in [1.29, 1.82) is 0 Å². The molecule has 206 valence electrons. The third-order valence-corrected chi connectivity index (χ3v) is 11.0. The minimum absolute atomic E-state index is 0.0393. The summed E-state index contributed by atoms with van der Waals surface area (Å²) < 4.78 is 1.14. The summed E-state index contributed by atoms with van der Waals surface area (Å²) in [4.78, 5) is 0. The van der Waals surface area contributed by atoms with Crippen LogP contribution in [0.2, 0.25) is 0 Å². The van der Waals surface area contributed by atoms with Gasteiger partial charge in [-0.25, -0.2) is 0 Å². The van der Waals surface area contributed by atoms with E-state index >= 15 is 0 Å². The van der Waals surface area contributed by atoms with Gasteiger partial charge in [0.05, 0.1) is 0 Å². The van der Waals surface area contributed by atoms with Crippen LogP contribution < -0.4 is 0 Å². The van der Waals surface area contributed by atoms with E-state index in [2.05, 4.69) is 159 Å². The lowest BCUT2D eigenvalue weighted by molar-refractivity contribution is 0.659. The lowest BCUT2D eigenvalue weighted by Gasteiger charge is -2.24. The number of hydrogen-bond donors (Lipinski definition) is 0. The molecular weight excluding hydrogens is 584 g/mol. The molecule has 0 N–H and O–H groups in total. The summed E-state index contributed by atoms with van der Waals surface area (Å²) in [7, 11) is 0. The highest BCUT2D eigenvalue weighted by atomic mass is 79.9. The van der Waals surface area contributed by atoms with Crippen molar-refractivity contribution >= 4 is 48.2 Å². The zero-order chi connectivity index (χ0) is 29.2. The molecule has 2 aliphatic carbocycles. The van der Waals surface area contributed by atoms with E-state index in [1.807, 2.05) is 0 Å². The first-order valence-electron chi connectivity index (χ1n) is 15.2. The smallest absolute Gasteiger partial charge is 0.0178 e. The largest absolute Gasteiger partial charge is 0.0616 e. The van der Waals surface area contributed by atoms with Crippen LogP contribution in [0.15, 0.2) is 120 Å². The Morgan fingerprint density at radius 1 is 0.372 bits per heavy atom. The number of fused-ring (bicyclic) bond motifs is 12. The van der Waals surface area contributed by atoms with Gasteiger partial charge in [-0.15, -0.1) is 0 Å². The van der Waals surface area contributed by atoms with Gasteiger partial charge in [-0.3, -0.25) is 0 Å². The van der Waals surface area contributed by atoms with Crippen LogP contribution in [0.3, 0.4) is 0 Å². The molecule has 7 aromatic rings. The van der Waals surface area contributed by atoms with E-state index in [-0.39, 0.29) is 10.8 Å². The van der Waals surface area contributed by atoms with Crippen LogP contribution in [0.1, 0.15) is 49.9 Å². The molecule has 0 aliphatic heterocycles. The lowest BCUT2D eigenvalue weighted by atomic mass is 9.79. The van der Waals surface area contributed by atoms with Gasteiger partial charge >= 0.3 is 0 Å². The molecule has 0 aromatic heterocycles. The summed E-state index contributed by atoms with van der Waals surface area (Å²) in [5, 5.41) is 8.01. The Bertz CT molecular complexity index is 2350. The van der Waals surface area contributed by atoms with Crippen LogP contribution in [-0.4, -0.2) is 0 Å². The molecule has 0 saturated carbocycles. The first-order valence-corrected chi connectivity index (χ1v) is 16.0. The second-order valence-electron chi connectivity index (χ2n) is 13.5. The Labute approximate surface area is 261 Å². The van der Waals surface area contributed by atoms with Crippen LogP contribution in [0, 0.1) is 0 Å². The fourth-order valence-electron chi connectivity index (χ4n) is 8.20. The molecule has 0 unspecified atom stereocenters. The average molecular weight is 616 g/mol. The Balaban J connectivity index is 1.23. The zero-order valence-corrected chi connectivity index (χ0v) is 26.4. The van der Waals surface area contributed by atoms with E-state index in [4.69, 9.17) is 0 Å². The van der Waals surface area contributed by atoms with Crippen molar-refractivity contribution < 1.29 is 0 Å². The van der Waals surface area contributed by atoms with Crippen molar-refractivity contribution in [2.45, 2.75) is 38.5 Å². The molecule has 0 amide bonds. The maximum Gasteiger partial charge on any atom is 0.0178 e. The van der Waals surface area contributed by atoms with Crippen molar-refractivity contribution in [3.05, 3.63) is 142 Å². The Morgan fingerprint density at radius 2 is 0.767 bits per heavy atom. The van der Waals surface area contributed by atoms with Crippen LogP contribution in [0.4, 0.5) is 0 Å². The van der Waals surface area contributed by atoms with E-state index in [0.29, 0.717) is 0 Å². The Morgan fingerprint density at radius 3 is 1.30 bits per heavy atom. The van der Waals surface area contributed by atoms with Crippen LogP contribution in [-0.2, 0) is 10.8 Å². The summed E-state index contributed by atoms with van der Waals surface area (Å²) in [5.74, 6) is 0. The van der Waals surface area contributed by atoms with E-state index in [1.54, 1.807) is 0 Å². The Hall–Kier alpha value is -4.20. The number of rotatable bonds is 1. The molecule has 43 heavy (non-hydrogen) atoms. The second-order valence-corrected chi connectivity index (χ2v) is 14.4. The van der Waals surface area contributed by atoms with Crippen molar-refractivity contribution in [3.63, 3.8) is 0 Å². The highest BCUT2D eigenvalue weighted by Gasteiger charge is 2.38. The second kappa shape index (κ2) is 8.46. The standard InChI is InChI=1S/C42H31Br/c1-41(2)37-19-24(13-16-31(37)32-18-15-26(43)21-39(32)41)25-14-17-33-36-22-34-29-11-7-5-9-27(29)28-10-6-8-12-30(28)35(34)23-40(36)42(3,4)38(33)20-25/h5-23H,1-4H3. The van der Waals surface area contributed by atoms with E-state index in [0.717, 1.165) is 4.47 Å². The average Bonchev–Trinajstić information content (AvgIpc) is 3.38. The van der Waals surface area contributed by atoms with Gasteiger partial charge < -0.3 is 0 Å². The van der Waals surface area contributed by atoms with Gasteiger partial charge in [0.1, 0.15) is 0 Å². The first kappa shape index (κ1) is 25.3. The monoisotopic (exact) mass is 614 g/mol. The highest BCUT2D eigenvalue weighted by molar-refractivity contribution is 9.10. The third kappa shape index (κ3) is 3.32. The predicted molar refractivity (Wildman–Crippen MR) is 187 cm³/mol. The minimum Gasteiger partial charge on any atom is -0.0616 e. The topological polar surface area (TPSA) is 0 Å². The first-order chi connectivity index (χ1) is 20.7. The Kier molecular flexibility index (Phi) is 4.98. The maximum atomic E-state index is 3.70. The molecule has 0 saturated heterocycles. The maximum absolute atomic E-state index is 3.70. The molecule has 1 heteroatoms. The van der Waals surface area contributed by atoms with E-state index in [9.17, 15) is 0 Å². The fraction of sp³-hybridized carbons (Fsp3) is 0.143. The molecule has 9 rings (SSSR count). The van der Waals surface area contributed by atoms with Crippen LogP contribution in [0.5, 0.6) is 0 Å². The third-order valence-electron chi connectivity index (χ3n) is 10.5. The van der Waals surface area contributed by atoms with E-state index in [1.165, 1.54) is 88.0 Å². The van der Waals surface area contributed by atoms with Crippen LogP contribution in [0.25, 0.3) is 65.7 Å². The number of benzene rings is 7. The molecule has 0 radical (unpaired) electrons. The predicted octanol–water partition coefficient (Wildman–Crippen LogP) is 12.2.